The van der Waals surface area contributed by atoms with Gasteiger partial charge in [0.1, 0.15) is 0 Å². The van der Waals surface area contributed by atoms with Crippen molar-refractivity contribution in [1.82, 2.24) is 9.88 Å². The van der Waals surface area contributed by atoms with E-state index >= 15 is 0 Å². The minimum absolute atomic E-state index is 0.0113. The zero-order valence-electron chi connectivity index (χ0n) is 7.87. The van der Waals surface area contributed by atoms with E-state index in [1.807, 2.05) is 0 Å². The summed E-state index contributed by atoms with van der Waals surface area (Å²) in [5.41, 5.74) is 1.57. The van der Waals surface area contributed by atoms with Gasteiger partial charge in [-0.3, -0.25) is 9.88 Å². The van der Waals surface area contributed by atoms with Crippen LogP contribution in [-0.2, 0) is 6.54 Å². The summed E-state index contributed by atoms with van der Waals surface area (Å²) in [6.45, 7) is -1.11. The second kappa shape index (κ2) is 5.43. The Morgan fingerprint density at radius 3 is 2.67 bits per heavy atom. The summed E-state index contributed by atoms with van der Waals surface area (Å²) in [6, 6.07) is 0. The minimum atomic E-state index is -4.24. The quantitative estimate of drug-likeness (QED) is 0.847. The van der Waals surface area contributed by atoms with E-state index in [4.69, 9.17) is 5.11 Å². The Balaban J connectivity index is 2.51. The van der Waals surface area contributed by atoms with E-state index in [0.717, 1.165) is 9.78 Å². The molecule has 1 rings (SSSR count). The molecular formula is C8H11F3N2OS. The second-order valence-corrected chi connectivity index (χ2v) is 3.99. The normalized spacial score (nSPS) is 12.3. The molecule has 0 bridgehead atoms. The molecule has 1 N–H and O–H groups in total. The SMILES string of the molecule is OCCN(Cc1cncs1)CC(F)(F)F. The van der Waals surface area contributed by atoms with Gasteiger partial charge >= 0.3 is 6.18 Å². The topological polar surface area (TPSA) is 36.4 Å². The van der Waals surface area contributed by atoms with Crippen LogP contribution in [0.5, 0.6) is 0 Å². The maximum atomic E-state index is 12.1. The minimum Gasteiger partial charge on any atom is -0.395 e. The maximum absolute atomic E-state index is 12.1. The van der Waals surface area contributed by atoms with Gasteiger partial charge in [-0.05, 0) is 0 Å². The second-order valence-electron chi connectivity index (χ2n) is 3.02. The van der Waals surface area contributed by atoms with Gasteiger partial charge in [0, 0.05) is 24.2 Å². The van der Waals surface area contributed by atoms with Gasteiger partial charge in [0.25, 0.3) is 0 Å². The van der Waals surface area contributed by atoms with Crippen LogP contribution in [0.2, 0.25) is 0 Å². The first-order valence-corrected chi connectivity index (χ1v) is 5.16. The highest BCUT2D eigenvalue weighted by Crippen LogP contribution is 2.18. The molecule has 15 heavy (non-hydrogen) atoms. The molecule has 0 aliphatic heterocycles. The van der Waals surface area contributed by atoms with Gasteiger partial charge in [-0.25, -0.2) is 0 Å². The Hall–Kier alpha value is -0.660. The largest absolute Gasteiger partial charge is 0.401 e. The van der Waals surface area contributed by atoms with E-state index in [2.05, 4.69) is 4.98 Å². The van der Waals surface area contributed by atoms with Crippen LogP contribution < -0.4 is 0 Å². The highest BCUT2D eigenvalue weighted by atomic mass is 32.1. The van der Waals surface area contributed by atoms with Gasteiger partial charge in [0.2, 0.25) is 0 Å². The number of thiazole rings is 1. The number of aliphatic hydroxyl groups is 1. The number of halogens is 3. The molecule has 0 radical (unpaired) electrons. The number of rotatable bonds is 5. The lowest BCUT2D eigenvalue weighted by Gasteiger charge is -2.21. The Bertz CT molecular complexity index is 276. The standard InChI is InChI=1S/C8H11F3N2OS/c9-8(10,11)5-13(1-2-14)4-7-3-12-6-15-7/h3,6,14H,1-2,4-5H2. The fourth-order valence-electron chi connectivity index (χ4n) is 1.15. The molecule has 0 saturated carbocycles. The van der Waals surface area contributed by atoms with Gasteiger partial charge in [-0.1, -0.05) is 0 Å². The van der Waals surface area contributed by atoms with E-state index in [-0.39, 0.29) is 19.7 Å². The van der Waals surface area contributed by atoms with Gasteiger partial charge in [-0.2, -0.15) is 13.2 Å². The van der Waals surface area contributed by atoms with Crippen LogP contribution in [0.3, 0.4) is 0 Å². The molecular weight excluding hydrogens is 229 g/mol. The van der Waals surface area contributed by atoms with E-state index in [1.54, 1.807) is 5.51 Å². The number of aliphatic hydroxyl groups excluding tert-OH is 1. The highest BCUT2D eigenvalue weighted by molar-refractivity contribution is 7.09. The predicted octanol–water partition coefficient (Wildman–Crippen LogP) is 1.50. The number of hydrogen-bond acceptors (Lipinski definition) is 4. The average molecular weight is 240 g/mol. The van der Waals surface area contributed by atoms with Gasteiger partial charge in [0.15, 0.2) is 0 Å². The lowest BCUT2D eigenvalue weighted by Crippen LogP contribution is -2.35. The smallest absolute Gasteiger partial charge is 0.395 e. The third-order valence-electron chi connectivity index (χ3n) is 1.68. The Kier molecular flexibility index (Phi) is 4.49. The van der Waals surface area contributed by atoms with Crippen molar-refractivity contribution in [1.29, 1.82) is 0 Å². The van der Waals surface area contributed by atoms with Crippen molar-refractivity contribution in [2.24, 2.45) is 0 Å². The molecule has 1 aromatic heterocycles. The lowest BCUT2D eigenvalue weighted by atomic mass is 10.4. The molecule has 0 saturated heterocycles. The number of aromatic nitrogens is 1. The first kappa shape index (κ1) is 12.4. The summed E-state index contributed by atoms with van der Waals surface area (Å²) >= 11 is 1.30. The van der Waals surface area contributed by atoms with Gasteiger partial charge < -0.3 is 5.11 Å². The summed E-state index contributed by atoms with van der Waals surface area (Å²) in [6.07, 6.45) is -2.70. The van der Waals surface area contributed by atoms with Crippen molar-refractivity contribution >= 4 is 11.3 Å². The lowest BCUT2D eigenvalue weighted by molar-refractivity contribution is -0.147. The molecule has 1 heterocycles. The zero-order valence-corrected chi connectivity index (χ0v) is 8.68. The highest BCUT2D eigenvalue weighted by Gasteiger charge is 2.30. The average Bonchev–Trinajstić information content (AvgIpc) is 2.54. The Labute approximate surface area is 89.2 Å². The summed E-state index contributed by atoms with van der Waals surface area (Å²) < 4.78 is 36.4. The summed E-state index contributed by atoms with van der Waals surface area (Å²) in [4.78, 5) is 5.68. The fourth-order valence-corrected chi connectivity index (χ4v) is 1.79. The van der Waals surface area contributed by atoms with Crippen LogP contribution in [0, 0.1) is 0 Å². The fraction of sp³-hybridized carbons (Fsp3) is 0.625. The first-order chi connectivity index (χ1) is 7.01. The molecule has 0 atom stereocenters. The molecule has 0 spiro atoms. The Morgan fingerprint density at radius 1 is 1.47 bits per heavy atom. The molecule has 7 heteroatoms. The Morgan fingerprint density at radius 2 is 2.20 bits per heavy atom. The van der Waals surface area contributed by atoms with Crippen LogP contribution in [0.15, 0.2) is 11.7 Å². The van der Waals surface area contributed by atoms with Crippen molar-refractivity contribution in [3.05, 3.63) is 16.6 Å². The summed E-state index contributed by atoms with van der Waals surface area (Å²) in [5, 5.41) is 8.64. The molecule has 0 aromatic carbocycles. The van der Waals surface area contributed by atoms with Gasteiger partial charge in [0.05, 0.1) is 18.7 Å². The van der Waals surface area contributed by atoms with Crippen LogP contribution in [0.1, 0.15) is 4.88 Å². The third-order valence-corrected chi connectivity index (χ3v) is 2.45. The van der Waals surface area contributed by atoms with Crippen molar-refractivity contribution in [2.45, 2.75) is 12.7 Å². The van der Waals surface area contributed by atoms with E-state index < -0.39 is 12.7 Å². The number of nitrogens with zero attached hydrogens (tertiary/aromatic N) is 2. The van der Waals surface area contributed by atoms with Crippen molar-refractivity contribution in [3.63, 3.8) is 0 Å². The van der Waals surface area contributed by atoms with Crippen molar-refractivity contribution < 1.29 is 18.3 Å². The van der Waals surface area contributed by atoms with Crippen molar-refractivity contribution in [3.8, 4) is 0 Å². The van der Waals surface area contributed by atoms with Crippen molar-refractivity contribution in [2.75, 3.05) is 19.7 Å². The summed E-state index contributed by atoms with van der Waals surface area (Å²) in [7, 11) is 0. The van der Waals surface area contributed by atoms with Crippen LogP contribution >= 0.6 is 11.3 Å². The third kappa shape index (κ3) is 5.10. The number of alkyl halides is 3. The van der Waals surface area contributed by atoms with Crippen LogP contribution in [-0.4, -0.2) is 40.9 Å². The molecule has 86 valence electrons. The number of hydrogen-bond donors (Lipinski definition) is 1. The molecule has 0 aliphatic rings. The van der Waals surface area contributed by atoms with Gasteiger partial charge in [-0.15, -0.1) is 11.3 Å². The molecule has 0 amide bonds. The first-order valence-electron chi connectivity index (χ1n) is 4.28. The monoisotopic (exact) mass is 240 g/mol. The van der Waals surface area contributed by atoms with E-state index in [9.17, 15) is 13.2 Å². The zero-order chi connectivity index (χ0) is 11.3. The molecule has 3 nitrogen and oxygen atoms in total. The van der Waals surface area contributed by atoms with Crippen LogP contribution in [0.25, 0.3) is 0 Å². The predicted molar refractivity (Wildman–Crippen MR) is 50.5 cm³/mol. The molecule has 0 fully saturated rings. The molecule has 1 aromatic rings. The molecule has 0 unspecified atom stereocenters. The molecule has 0 aliphatic carbocycles. The van der Waals surface area contributed by atoms with Crippen LogP contribution in [0.4, 0.5) is 13.2 Å². The van der Waals surface area contributed by atoms with E-state index in [0.29, 0.717) is 0 Å². The van der Waals surface area contributed by atoms with E-state index in [1.165, 1.54) is 17.5 Å². The summed E-state index contributed by atoms with van der Waals surface area (Å²) in [5.74, 6) is 0. The maximum Gasteiger partial charge on any atom is 0.401 e.